The minimum Gasteiger partial charge on any atom is -0.505 e. The third kappa shape index (κ3) is 4.14. The number of pyridine rings is 2. The van der Waals surface area contributed by atoms with Gasteiger partial charge in [-0.1, -0.05) is 100 Å². The van der Waals surface area contributed by atoms with Gasteiger partial charge in [0.2, 0.25) is 0 Å². The van der Waals surface area contributed by atoms with Gasteiger partial charge in [-0.05, 0) is 64.6 Å². The highest BCUT2D eigenvalue weighted by Gasteiger charge is 2.37. The smallest absolute Gasteiger partial charge is 0.149 e. The van der Waals surface area contributed by atoms with Crippen molar-refractivity contribution < 1.29 is 5.11 Å². The molecule has 0 fully saturated rings. The Kier molecular flexibility index (Phi) is 6.09. The first-order valence-corrected chi connectivity index (χ1v) is 14.5. The highest BCUT2D eigenvalue weighted by Crippen LogP contribution is 2.52. The number of aromatic nitrogens is 2. The average Bonchev–Trinajstić information content (AvgIpc) is 3.02. The molecular formula is C38H33N3O. The van der Waals surface area contributed by atoms with E-state index in [0.717, 1.165) is 45.0 Å². The van der Waals surface area contributed by atoms with Crippen molar-refractivity contribution in [2.24, 2.45) is 0 Å². The number of fused-ring (bicyclic) bond motifs is 3. The molecule has 0 amide bonds. The van der Waals surface area contributed by atoms with Crippen molar-refractivity contribution in [2.75, 3.05) is 4.90 Å². The van der Waals surface area contributed by atoms with Crippen LogP contribution in [0.1, 0.15) is 50.3 Å². The number of anilines is 3. The Morgan fingerprint density at radius 1 is 0.714 bits per heavy atom. The second-order valence-corrected chi connectivity index (χ2v) is 11.9. The van der Waals surface area contributed by atoms with Gasteiger partial charge in [0, 0.05) is 28.1 Å². The quantitative estimate of drug-likeness (QED) is 0.239. The molecule has 7 rings (SSSR count). The van der Waals surface area contributed by atoms with Crippen LogP contribution in [0.15, 0.2) is 115 Å². The van der Waals surface area contributed by atoms with E-state index in [2.05, 4.69) is 87.2 Å². The van der Waals surface area contributed by atoms with Gasteiger partial charge in [0.25, 0.3) is 0 Å². The number of benzene rings is 4. The molecule has 3 heterocycles. The van der Waals surface area contributed by atoms with Crippen molar-refractivity contribution in [1.82, 2.24) is 9.97 Å². The Morgan fingerprint density at radius 2 is 1.45 bits per heavy atom. The summed E-state index contributed by atoms with van der Waals surface area (Å²) in [6, 6.07) is 37.5. The predicted octanol–water partition coefficient (Wildman–Crippen LogP) is 9.90. The molecule has 0 atom stereocenters. The SMILES string of the molecule is CC(C)c1ccnc(N2c3ccccc3C(C)(C)c3ccc(-c4ccc5ccc(-c6ccccc6)c(O)c5n4)cc32)c1. The average molecular weight is 548 g/mol. The number of rotatable bonds is 4. The van der Waals surface area contributed by atoms with Crippen molar-refractivity contribution in [3.8, 4) is 28.1 Å². The third-order valence-electron chi connectivity index (χ3n) is 8.61. The molecule has 0 unspecified atom stereocenters. The number of phenolic OH excluding ortho intramolecular Hbond substituents is 1. The van der Waals surface area contributed by atoms with Crippen LogP contribution in [-0.4, -0.2) is 15.1 Å². The molecule has 1 aliphatic rings. The Hall–Kier alpha value is -4.96. The van der Waals surface area contributed by atoms with Crippen molar-refractivity contribution >= 4 is 28.1 Å². The van der Waals surface area contributed by atoms with Crippen LogP contribution in [0.2, 0.25) is 0 Å². The Morgan fingerprint density at radius 3 is 2.26 bits per heavy atom. The van der Waals surface area contributed by atoms with Crippen LogP contribution in [0.25, 0.3) is 33.3 Å². The molecule has 4 heteroatoms. The van der Waals surface area contributed by atoms with E-state index in [-0.39, 0.29) is 11.2 Å². The summed E-state index contributed by atoms with van der Waals surface area (Å²) < 4.78 is 0. The molecule has 0 bridgehead atoms. The van der Waals surface area contributed by atoms with Gasteiger partial charge in [-0.3, -0.25) is 4.90 Å². The molecule has 42 heavy (non-hydrogen) atoms. The van der Waals surface area contributed by atoms with Crippen molar-refractivity contribution in [2.45, 2.75) is 39.0 Å². The van der Waals surface area contributed by atoms with Crippen LogP contribution in [0.4, 0.5) is 17.2 Å². The van der Waals surface area contributed by atoms with Gasteiger partial charge in [-0.25, -0.2) is 9.97 Å². The van der Waals surface area contributed by atoms with Crippen LogP contribution in [0.5, 0.6) is 5.75 Å². The van der Waals surface area contributed by atoms with E-state index in [0.29, 0.717) is 11.4 Å². The molecular weight excluding hydrogens is 514 g/mol. The maximum absolute atomic E-state index is 11.3. The maximum atomic E-state index is 11.3. The lowest BCUT2D eigenvalue weighted by Crippen LogP contribution is -2.31. The molecule has 0 spiro atoms. The number of hydrogen-bond donors (Lipinski definition) is 1. The molecule has 0 saturated heterocycles. The minimum absolute atomic E-state index is 0.198. The van der Waals surface area contributed by atoms with E-state index in [1.807, 2.05) is 60.8 Å². The molecule has 1 N–H and O–H groups in total. The molecule has 2 aromatic heterocycles. The number of para-hydroxylation sites is 1. The molecule has 0 saturated carbocycles. The third-order valence-corrected chi connectivity index (χ3v) is 8.61. The fourth-order valence-electron chi connectivity index (χ4n) is 6.22. The lowest BCUT2D eigenvalue weighted by atomic mass is 9.73. The van der Waals surface area contributed by atoms with Gasteiger partial charge in [0.1, 0.15) is 17.1 Å². The van der Waals surface area contributed by atoms with Crippen molar-refractivity contribution in [1.29, 1.82) is 0 Å². The molecule has 0 radical (unpaired) electrons. The summed E-state index contributed by atoms with van der Waals surface area (Å²) in [6.07, 6.45) is 1.91. The van der Waals surface area contributed by atoms with E-state index in [4.69, 9.17) is 9.97 Å². The highest BCUT2D eigenvalue weighted by molar-refractivity contribution is 5.94. The monoisotopic (exact) mass is 547 g/mol. The molecule has 6 aromatic rings. The normalized spacial score (nSPS) is 13.7. The zero-order valence-corrected chi connectivity index (χ0v) is 24.3. The summed E-state index contributed by atoms with van der Waals surface area (Å²) in [5.74, 6) is 1.49. The number of phenols is 1. The van der Waals surface area contributed by atoms with Gasteiger partial charge >= 0.3 is 0 Å². The summed E-state index contributed by atoms with van der Waals surface area (Å²) in [5.41, 5.74) is 9.92. The Bertz CT molecular complexity index is 1960. The Balaban J connectivity index is 1.41. The molecule has 1 aliphatic heterocycles. The summed E-state index contributed by atoms with van der Waals surface area (Å²) in [5, 5.41) is 12.2. The van der Waals surface area contributed by atoms with E-state index in [9.17, 15) is 5.11 Å². The van der Waals surface area contributed by atoms with Gasteiger partial charge in [-0.2, -0.15) is 0 Å². The zero-order valence-electron chi connectivity index (χ0n) is 24.3. The van der Waals surface area contributed by atoms with Gasteiger partial charge in [-0.15, -0.1) is 0 Å². The van der Waals surface area contributed by atoms with Crippen LogP contribution in [0.3, 0.4) is 0 Å². The second-order valence-electron chi connectivity index (χ2n) is 11.9. The van der Waals surface area contributed by atoms with Gasteiger partial charge in [0.05, 0.1) is 17.1 Å². The number of nitrogens with zero attached hydrogens (tertiary/aromatic N) is 3. The van der Waals surface area contributed by atoms with Crippen molar-refractivity contribution in [3.05, 3.63) is 132 Å². The first-order chi connectivity index (χ1) is 20.3. The zero-order chi connectivity index (χ0) is 29.0. The topological polar surface area (TPSA) is 49.2 Å². The summed E-state index contributed by atoms with van der Waals surface area (Å²) in [7, 11) is 0. The van der Waals surface area contributed by atoms with E-state index in [1.165, 1.54) is 16.7 Å². The van der Waals surface area contributed by atoms with Crippen LogP contribution < -0.4 is 4.90 Å². The van der Waals surface area contributed by atoms with E-state index >= 15 is 0 Å². The van der Waals surface area contributed by atoms with Crippen LogP contribution in [-0.2, 0) is 5.41 Å². The molecule has 4 nitrogen and oxygen atoms in total. The highest BCUT2D eigenvalue weighted by atomic mass is 16.3. The van der Waals surface area contributed by atoms with Gasteiger partial charge in [0.15, 0.2) is 0 Å². The lowest BCUT2D eigenvalue weighted by Gasteiger charge is -2.41. The minimum atomic E-state index is -0.198. The molecule has 0 aliphatic carbocycles. The molecule has 4 aromatic carbocycles. The second kappa shape index (κ2) is 9.85. The van der Waals surface area contributed by atoms with Crippen LogP contribution in [0, 0.1) is 0 Å². The van der Waals surface area contributed by atoms with Crippen LogP contribution >= 0.6 is 0 Å². The molecule has 206 valence electrons. The van der Waals surface area contributed by atoms with Gasteiger partial charge < -0.3 is 5.11 Å². The summed E-state index contributed by atoms with van der Waals surface area (Å²) >= 11 is 0. The fraction of sp³-hybridized carbons (Fsp3) is 0.158. The lowest BCUT2D eigenvalue weighted by molar-refractivity contribution is 0.482. The first kappa shape index (κ1) is 26.0. The number of aromatic hydroxyl groups is 1. The fourth-order valence-corrected chi connectivity index (χ4v) is 6.22. The number of hydrogen-bond acceptors (Lipinski definition) is 4. The van der Waals surface area contributed by atoms with E-state index < -0.39 is 0 Å². The first-order valence-electron chi connectivity index (χ1n) is 14.5. The summed E-state index contributed by atoms with van der Waals surface area (Å²) in [6.45, 7) is 9.00. The largest absolute Gasteiger partial charge is 0.505 e. The van der Waals surface area contributed by atoms with E-state index in [1.54, 1.807) is 0 Å². The predicted molar refractivity (Wildman–Crippen MR) is 173 cm³/mol. The summed E-state index contributed by atoms with van der Waals surface area (Å²) in [4.78, 5) is 12.2. The maximum Gasteiger partial charge on any atom is 0.149 e. The van der Waals surface area contributed by atoms with Crippen molar-refractivity contribution in [3.63, 3.8) is 0 Å². The Labute approximate surface area is 247 Å². The standard InChI is InChI=1S/C38H33N3O/c1-24(2)27-20-21-39-35(23-27)41-33-13-9-8-12-30(33)38(3,4)31-18-15-28(22-34(31)41)32-19-16-26-14-17-29(37(42)36(26)40-32)25-10-6-5-7-11-25/h5-24,42H,1-4H3.